The summed E-state index contributed by atoms with van der Waals surface area (Å²) >= 11 is 3.41. The molecule has 0 aliphatic heterocycles. The normalized spacial score (nSPS) is 16.7. The van der Waals surface area contributed by atoms with E-state index in [4.69, 9.17) is 0 Å². The number of rotatable bonds is 4. The van der Waals surface area contributed by atoms with Crippen molar-refractivity contribution in [2.45, 2.75) is 31.2 Å². The van der Waals surface area contributed by atoms with E-state index in [1.165, 1.54) is 6.07 Å². The van der Waals surface area contributed by atoms with E-state index in [1.54, 1.807) is 0 Å². The molecule has 1 fully saturated rings. The molecule has 1 aliphatic carbocycles. The van der Waals surface area contributed by atoms with Crippen molar-refractivity contribution in [3.63, 3.8) is 0 Å². The molecule has 1 amide bonds. The molecule has 0 saturated heterocycles. The standard InChI is InChI=1S/C18H16BrF2NO/c1-11(18(8-9-18)12-2-4-13(19)5-3-12)22-17(23)15-7-6-14(20)10-16(15)21/h2-7,10-11H,8-9H2,1H3,(H,22,23). The molecule has 1 N–H and O–H groups in total. The molecule has 1 saturated carbocycles. The average molecular weight is 380 g/mol. The molecule has 120 valence electrons. The smallest absolute Gasteiger partial charge is 0.254 e. The van der Waals surface area contributed by atoms with Crippen molar-refractivity contribution in [1.29, 1.82) is 0 Å². The zero-order valence-electron chi connectivity index (χ0n) is 12.6. The molecule has 1 unspecified atom stereocenters. The number of hydrogen-bond acceptors (Lipinski definition) is 1. The van der Waals surface area contributed by atoms with Gasteiger partial charge in [0, 0.05) is 22.0 Å². The van der Waals surface area contributed by atoms with E-state index in [9.17, 15) is 13.6 Å². The fourth-order valence-corrected chi connectivity index (χ4v) is 3.24. The van der Waals surface area contributed by atoms with Gasteiger partial charge >= 0.3 is 0 Å². The highest BCUT2D eigenvalue weighted by Gasteiger charge is 2.49. The first-order valence-corrected chi connectivity index (χ1v) is 8.24. The Hall–Kier alpha value is -1.75. The molecule has 2 nitrogen and oxygen atoms in total. The molecule has 0 spiro atoms. The SMILES string of the molecule is CC(NC(=O)c1ccc(F)cc1F)C1(c2ccc(Br)cc2)CC1. The number of amides is 1. The maximum Gasteiger partial charge on any atom is 0.254 e. The van der Waals surface area contributed by atoms with Gasteiger partial charge in [0.05, 0.1) is 5.56 Å². The van der Waals surface area contributed by atoms with Crippen LogP contribution in [-0.2, 0) is 5.41 Å². The van der Waals surface area contributed by atoms with Gasteiger partial charge < -0.3 is 5.32 Å². The average Bonchev–Trinajstić information content (AvgIpc) is 3.29. The van der Waals surface area contributed by atoms with Crippen LogP contribution in [0, 0.1) is 11.6 Å². The minimum atomic E-state index is -0.844. The van der Waals surface area contributed by atoms with E-state index in [1.807, 2.05) is 31.2 Å². The Bertz CT molecular complexity index is 741. The molecule has 0 heterocycles. The summed E-state index contributed by atoms with van der Waals surface area (Å²) in [5, 5.41) is 2.86. The van der Waals surface area contributed by atoms with Gasteiger partial charge in [-0.25, -0.2) is 8.78 Å². The fraction of sp³-hybridized carbons (Fsp3) is 0.278. The van der Waals surface area contributed by atoms with E-state index in [-0.39, 0.29) is 17.0 Å². The molecule has 1 atom stereocenters. The number of benzene rings is 2. The van der Waals surface area contributed by atoms with Crippen molar-refractivity contribution >= 4 is 21.8 Å². The second-order valence-corrected chi connectivity index (χ2v) is 6.90. The Morgan fingerprint density at radius 2 is 1.83 bits per heavy atom. The molecule has 0 aromatic heterocycles. The van der Waals surface area contributed by atoms with Crippen LogP contribution >= 0.6 is 15.9 Å². The summed E-state index contributed by atoms with van der Waals surface area (Å²) in [5.41, 5.74) is 0.922. The molecule has 2 aromatic rings. The van der Waals surface area contributed by atoms with Crippen molar-refractivity contribution < 1.29 is 13.6 Å². The monoisotopic (exact) mass is 379 g/mol. The first-order chi connectivity index (χ1) is 10.9. The summed E-state index contributed by atoms with van der Waals surface area (Å²) in [7, 11) is 0. The van der Waals surface area contributed by atoms with Crippen LogP contribution in [0.3, 0.4) is 0 Å². The van der Waals surface area contributed by atoms with E-state index < -0.39 is 17.5 Å². The van der Waals surface area contributed by atoms with Crippen LogP contribution in [0.25, 0.3) is 0 Å². The molecule has 0 bridgehead atoms. The number of carbonyl (C=O) groups is 1. The van der Waals surface area contributed by atoms with Crippen LogP contribution < -0.4 is 5.32 Å². The highest BCUT2D eigenvalue weighted by atomic mass is 79.9. The van der Waals surface area contributed by atoms with Crippen LogP contribution in [0.2, 0.25) is 0 Å². The maximum atomic E-state index is 13.7. The largest absolute Gasteiger partial charge is 0.349 e. The zero-order valence-corrected chi connectivity index (χ0v) is 14.2. The first kappa shape index (κ1) is 16.1. The van der Waals surface area contributed by atoms with E-state index in [0.717, 1.165) is 35.0 Å². The Morgan fingerprint density at radius 1 is 1.17 bits per heavy atom. The van der Waals surface area contributed by atoms with Gasteiger partial charge in [-0.05, 0) is 49.6 Å². The third kappa shape index (κ3) is 3.15. The van der Waals surface area contributed by atoms with Crippen molar-refractivity contribution in [3.8, 4) is 0 Å². The summed E-state index contributed by atoms with van der Waals surface area (Å²) in [4.78, 5) is 12.3. The van der Waals surface area contributed by atoms with Crippen LogP contribution in [0.4, 0.5) is 8.78 Å². The summed E-state index contributed by atoms with van der Waals surface area (Å²) in [5.74, 6) is -2.05. The van der Waals surface area contributed by atoms with Crippen molar-refractivity contribution in [3.05, 3.63) is 69.7 Å². The van der Waals surface area contributed by atoms with E-state index in [0.29, 0.717) is 0 Å². The molecule has 2 aromatic carbocycles. The van der Waals surface area contributed by atoms with Crippen molar-refractivity contribution in [2.24, 2.45) is 0 Å². The number of hydrogen-bond donors (Lipinski definition) is 1. The molecule has 5 heteroatoms. The molecule has 3 rings (SSSR count). The summed E-state index contributed by atoms with van der Waals surface area (Å²) in [6.07, 6.45) is 1.95. The predicted octanol–water partition coefficient (Wildman–Crippen LogP) is 4.58. The van der Waals surface area contributed by atoms with Gasteiger partial charge in [-0.3, -0.25) is 4.79 Å². The third-order valence-corrected chi connectivity index (χ3v) is 5.09. The van der Waals surface area contributed by atoms with Gasteiger partial charge in [0.15, 0.2) is 0 Å². The van der Waals surface area contributed by atoms with Crippen LogP contribution in [0.5, 0.6) is 0 Å². The van der Waals surface area contributed by atoms with E-state index in [2.05, 4.69) is 21.2 Å². The Kier molecular flexibility index (Phi) is 4.23. The van der Waals surface area contributed by atoms with Gasteiger partial charge in [0.2, 0.25) is 0 Å². The lowest BCUT2D eigenvalue weighted by atomic mass is 9.89. The highest BCUT2D eigenvalue weighted by molar-refractivity contribution is 9.10. The van der Waals surface area contributed by atoms with Gasteiger partial charge in [0.1, 0.15) is 11.6 Å². The van der Waals surface area contributed by atoms with Crippen molar-refractivity contribution in [1.82, 2.24) is 5.32 Å². The lowest BCUT2D eigenvalue weighted by Crippen LogP contribution is -2.41. The lowest BCUT2D eigenvalue weighted by Gasteiger charge is -2.25. The quantitative estimate of drug-likeness (QED) is 0.827. The Balaban J connectivity index is 1.77. The van der Waals surface area contributed by atoms with Gasteiger partial charge in [-0.1, -0.05) is 28.1 Å². The summed E-state index contributed by atoms with van der Waals surface area (Å²) in [6, 6.07) is 10.9. The zero-order chi connectivity index (χ0) is 16.6. The van der Waals surface area contributed by atoms with E-state index >= 15 is 0 Å². The molecule has 1 aliphatic rings. The van der Waals surface area contributed by atoms with Gasteiger partial charge in [-0.15, -0.1) is 0 Å². The minimum Gasteiger partial charge on any atom is -0.349 e. The van der Waals surface area contributed by atoms with Crippen LogP contribution in [0.1, 0.15) is 35.7 Å². The highest BCUT2D eigenvalue weighted by Crippen LogP contribution is 2.51. The molecule has 23 heavy (non-hydrogen) atoms. The number of carbonyl (C=O) groups excluding carboxylic acids is 1. The second kappa shape index (κ2) is 6.04. The summed E-state index contributed by atoms with van der Waals surface area (Å²) < 4.78 is 27.7. The second-order valence-electron chi connectivity index (χ2n) is 5.98. The van der Waals surface area contributed by atoms with Crippen molar-refractivity contribution in [2.75, 3.05) is 0 Å². The Morgan fingerprint density at radius 3 is 2.39 bits per heavy atom. The fourth-order valence-electron chi connectivity index (χ4n) is 2.97. The van der Waals surface area contributed by atoms with Gasteiger partial charge in [-0.2, -0.15) is 0 Å². The lowest BCUT2D eigenvalue weighted by molar-refractivity contribution is 0.0927. The summed E-state index contributed by atoms with van der Waals surface area (Å²) in [6.45, 7) is 1.92. The predicted molar refractivity (Wildman–Crippen MR) is 88.3 cm³/mol. The maximum absolute atomic E-state index is 13.7. The minimum absolute atomic E-state index is 0.104. The van der Waals surface area contributed by atoms with Crippen LogP contribution in [0.15, 0.2) is 46.9 Å². The topological polar surface area (TPSA) is 29.1 Å². The molecular formula is C18H16BrF2NO. The number of nitrogens with one attached hydrogen (secondary N) is 1. The third-order valence-electron chi connectivity index (χ3n) is 4.56. The van der Waals surface area contributed by atoms with Gasteiger partial charge in [0.25, 0.3) is 5.91 Å². The Labute approximate surface area is 142 Å². The molecule has 0 radical (unpaired) electrons. The van der Waals surface area contributed by atoms with Crippen LogP contribution in [-0.4, -0.2) is 11.9 Å². The molecular weight excluding hydrogens is 364 g/mol. The number of halogens is 3. The first-order valence-electron chi connectivity index (χ1n) is 7.44.